The molecule has 1 heterocycles. The summed E-state index contributed by atoms with van der Waals surface area (Å²) in [6.45, 7) is 3.44. The Morgan fingerprint density at radius 2 is 1.65 bits per heavy atom. The second-order valence-electron chi connectivity index (χ2n) is 5.52. The highest BCUT2D eigenvalue weighted by atomic mass is 79.9. The number of hydrogen-bond donors (Lipinski definition) is 1. The number of rotatable bonds is 4. The molecule has 0 unspecified atom stereocenters. The van der Waals surface area contributed by atoms with Crippen molar-refractivity contribution in [3.8, 4) is 11.8 Å². The molecule has 1 N–H and O–H groups in total. The van der Waals surface area contributed by atoms with Crippen LogP contribution in [0, 0.1) is 19.7 Å². The Bertz CT molecular complexity index is 955. The Hall–Kier alpha value is -2.80. The molecular formula is C19H15BrFN3O2. The smallest absolute Gasteiger partial charge is 0.322 e. The Balaban J connectivity index is 1.85. The molecule has 1 aromatic heterocycles. The Kier molecular flexibility index (Phi) is 5.27. The lowest BCUT2D eigenvalue weighted by molar-refractivity contribution is 0.102. The van der Waals surface area contributed by atoms with E-state index in [1.807, 2.05) is 6.07 Å². The maximum absolute atomic E-state index is 13.7. The fourth-order valence-electron chi connectivity index (χ4n) is 2.36. The topological polar surface area (TPSA) is 64.1 Å². The summed E-state index contributed by atoms with van der Waals surface area (Å²) in [5.41, 5.74) is 2.03. The quantitative estimate of drug-likeness (QED) is 0.647. The number of para-hydroxylation sites is 1. The van der Waals surface area contributed by atoms with Crippen LogP contribution in [0.1, 0.15) is 21.7 Å². The number of carbonyl (C=O) groups is 1. The molecule has 7 heteroatoms. The average Bonchev–Trinajstić information content (AvgIpc) is 2.60. The summed E-state index contributed by atoms with van der Waals surface area (Å²) in [4.78, 5) is 20.9. The molecule has 0 aliphatic rings. The van der Waals surface area contributed by atoms with Crippen molar-refractivity contribution in [3.63, 3.8) is 0 Å². The van der Waals surface area contributed by atoms with Gasteiger partial charge in [0.25, 0.3) is 5.91 Å². The minimum Gasteiger partial charge on any atom is -0.421 e. The monoisotopic (exact) mass is 415 g/mol. The van der Waals surface area contributed by atoms with E-state index >= 15 is 0 Å². The molecule has 2 aromatic carbocycles. The number of aryl methyl sites for hydroxylation is 2. The summed E-state index contributed by atoms with van der Waals surface area (Å²) in [6.07, 6.45) is 0. The summed E-state index contributed by atoms with van der Waals surface area (Å²) < 4.78 is 19.8. The summed E-state index contributed by atoms with van der Waals surface area (Å²) >= 11 is 3.36. The van der Waals surface area contributed by atoms with E-state index in [4.69, 9.17) is 4.74 Å². The van der Waals surface area contributed by atoms with Gasteiger partial charge in [0, 0.05) is 4.47 Å². The first-order chi connectivity index (χ1) is 12.5. The molecule has 0 spiro atoms. The van der Waals surface area contributed by atoms with Crippen LogP contribution in [0.3, 0.4) is 0 Å². The van der Waals surface area contributed by atoms with Crippen molar-refractivity contribution in [2.24, 2.45) is 0 Å². The Morgan fingerprint density at radius 3 is 2.31 bits per heavy atom. The standard InChI is InChI=1S/C19H15BrFN3O2/c1-11-17(24-18(25)13-7-3-4-8-14(13)20)12(2)23-19(22-11)26-16-10-6-5-9-15(16)21/h3-10H,1-2H3,(H,24,25). The molecule has 5 nitrogen and oxygen atoms in total. The number of halogens is 2. The lowest BCUT2D eigenvalue weighted by atomic mass is 10.2. The van der Waals surface area contributed by atoms with Crippen LogP contribution in [-0.4, -0.2) is 15.9 Å². The largest absolute Gasteiger partial charge is 0.421 e. The fraction of sp³-hybridized carbons (Fsp3) is 0.105. The van der Waals surface area contributed by atoms with Crippen LogP contribution >= 0.6 is 15.9 Å². The van der Waals surface area contributed by atoms with Crippen molar-refractivity contribution < 1.29 is 13.9 Å². The third-order valence-electron chi connectivity index (χ3n) is 3.65. The highest BCUT2D eigenvalue weighted by molar-refractivity contribution is 9.10. The molecule has 26 heavy (non-hydrogen) atoms. The third-order valence-corrected chi connectivity index (χ3v) is 4.34. The van der Waals surface area contributed by atoms with E-state index in [1.54, 1.807) is 44.2 Å². The van der Waals surface area contributed by atoms with E-state index < -0.39 is 5.82 Å². The SMILES string of the molecule is Cc1nc(Oc2ccccc2F)nc(C)c1NC(=O)c1ccccc1Br. The van der Waals surface area contributed by atoms with Gasteiger partial charge in [0.2, 0.25) is 0 Å². The Morgan fingerprint density at radius 1 is 1.04 bits per heavy atom. The van der Waals surface area contributed by atoms with Gasteiger partial charge in [-0.3, -0.25) is 4.79 Å². The van der Waals surface area contributed by atoms with Gasteiger partial charge in [0.05, 0.1) is 22.6 Å². The maximum Gasteiger partial charge on any atom is 0.322 e. The van der Waals surface area contributed by atoms with Gasteiger partial charge in [-0.05, 0) is 54.0 Å². The van der Waals surface area contributed by atoms with E-state index in [0.717, 1.165) is 0 Å². The van der Waals surface area contributed by atoms with Crippen molar-refractivity contribution in [2.45, 2.75) is 13.8 Å². The number of anilines is 1. The number of aromatic nitrogens is 2. The van der Waals surface area contributed by atoms with Gasteiger partial charge in [-0.25, -0.2) is 4.39 Å². The van der Waals surface area contributed by atoms with E-state index in [0.29, 0.717) is 27.1 Å². The van der Waals surface area contributed by atoms with Gasteiger partial charge in [0.1, 0.15) is 0 Å². The lowest BCUT2D eigenvalue weighted by Crippen LogP contribution is -2.15. The minimum absolute atomic E-state index is 0.0176. The van der Waals surface area contributed by atoms with E-state index in [2.05, 4.69) is 31.2 Å². The minimum atomic E-state index is -0.502. The van der Waals surface area contributed by atoms with E-state index in [9.17, 15) is 9.18 Å². The highest BCUT2D eigenvalue weighted by Gasteiger charge is 2.16. The van der Waals surface area contributed by atoms with Crippen molar-refractivity contribution in [1.82, 2.24) is 9.97 Å². The molecule has 0 atom stereocenters. The molecular weight excluding hydrogens is 401 g/mol. The molecule has 0 bridgehead atoms. The van der Waals surface area contributed by atoms with Crippen LogP contribution < -0.4 is 10.1 Å². The maximum atomic E-state index is 13.7. The number of ether oxygens (including phenoxy) is 1. The first-order valence-electron chi connectivity index (χ1n) is 7.79. The van der Waals surface area contributed by atoms with Crippen molar-refractivity contribution in [2.75, 3.05) is 5.32 Å². The average molecular weight is 416 g/mol. The highest BCUT2D eigenvalue weighted by Crippen LogP contribution is 2.26. The fourth-order valence-corrected chi connectivity index (χ4v) is 2.83. The predicted molar refractivity (Wildman–Crippen MR) is 100 cm³/mol. The zero-order valence-electron chi connectivity index (χ0n) is 14.1. The van der Waals surface area contributed by atoms with Crippen LogP contribution in [-0.2, 0) is 0 Å². The van der Waals surface area contributed by atoms with Gasteiger partial charge in [0.15, 0.2) is 11.6 Å². The van der Waals surface area contributed by atoms with Crippen molar-refractivity contribution >= 4 is 27.5 Å². The zero-order valence-corrected chi connectivity index (χ0v) is 15.7. The van der Waals surface area contributed by atoms with Crippen molar-refractivity contribution in [1.29, 1.82) is 0 Å². The molecule has 132 valence electrons. The first kappa shape index (κ1) is 18.0. The lowest BCUT2D eigenvalue weighted by Gasteiger charge is -2.13. The molecule has 1 amide bonds. The van der Waals surface area contributed by atoms with Crippen LogP contribution in [0.15, 0.2) is 53.0 Å². The molecule has 0 fully saturated rings. The molecule has 0 radical (unpaired) electrons. The normalized spacial score (nSPS) is 10.5. The van der Waals surface area contributed by atoms with Gasteiger partial charge in [-0.1, -0.05) is 24.3 Å². The molecule has 3 aromatic rings. The molecule has 0 aliphatic heterocycles. The van der Waals surface area contributed by atoms with E-state index in [1.165, 1.54) is 12.1 Å². The molecule has 0 saturated carbocycles. The van der Waals surface area contributed by atoms with Crippen LogP contribution in [0.5, 0.6) is 11.8 Å². The number of nitrogens with one attached hydrogen (secondary N) is 1. The summed E-state index contributed by atoms with van der Waals surface area (Å²) in [5, 5.41) is 2.81. The van der Waals surface area contributed by atoms with Gasteiger partial charge in [-0.2, -0.15) is 9.97 Å². The number of benzene rings is 2. The van der Waals surface area contributed by atoms with E-state index in [-0.39, 0.29) is 17.7 Å². The number of hydrogen-bond acceptors (Lipinski definition) is 4. The van der Waals surface area contributed by atoms with Gasteiger partial charge >= 0.3 is 6.01 Å². The number of nitrogens with zero attached hydrogens (tertiary/aromatic N) is 2. The summed E-state index contributed by atoms with van der Waals surface area (Å²) in [6, 6.07) is 13.1. The number of amides is 1. The summed E-state index contributed by atoms with van der Waals surface area (Å²) in [7, 11) is 0. The third kappa shape index (κ3) is 3.88. The van der Waals surface area contributed by atoms with Crippen LogP contribution in [0.2, 0.25) is 0 Å². The van der Waals surface area contributed by atoms with Crippen LogP contribution in [0.25, 0.3) is 0 Å². The molecule has 0 saturated heterocycles. The molecule has 3 rings (SSSR count). The van der Waals surface area contributed by atoms with Crippen LogP contribution in [0.4, 0.5) is 10.1 Å². The second kappa shape index (κ2) is 7.61. The van der Waals surface area contributed by atoms with Crippen molar-refractivity contribution in [3.05, 3.63) is 75.8 Å². The number of carbonyl (C=O) groups excluding carboxylic acids is 1. The zero-order chi connectivity index (χ0) is 18.7. The first-order valence-corrected chi connectivity index (χ1v) is 8.58. The molecule has 0 aliphatic carbocycles. The Labute approximate surface area is 158 Å². The summed E-state index contributed by atoms with van der Waals surface area (Å²) in [5.74, 6) is -0.746. The second-order valence-corrected chi connectivity index (χ2v) is 6.37. The van der Waals surface area contributed by atoms with Gasteiger partial charge < -0.3 is 10.1 Å². The predicted octanol–water partition coefficient (Wildman–Crippen LogP) is 5.04. The van der Waals surface area contributed by atoms with Gasteiger partial charge in [-0.15, -0.1) is 0 Å².